The lowest BCUT2D eigenvalue weighted by Gasteiger charge is -2.13. The van der Waals surface area contributed by atoms with Crippen LogP contribution in [0.5, 0.6) is 0 Å². The molecule has 1 aromatic heterocycles. The summed E-state index contributed by atoms with van der Waals surface area (Å²) in [4.78, 5) is 12.7. The Balaban J connectivity index is 2.33. The van der Waals surface area contributed by atoms with Crippen molar-refractivity contribution in [3.8, 4) is 0 Å². The number of fused-ring (bicyclic) bond motifs is 1. The van der Waals surface area contributed by atoms with E-state index in [1.165, 1.54) is 18.4 Å². The van der Waals surface area contributed by atoms with Crippen molar-refractivity contribution in [2.75, 3.05) is 0 Å². The molecule has 0 N–H and O–H groups in total. The highest BCUT2D eigenvalue weighted by Crippen LogP contribution is 2.19. The predicted molar refractivity (Wildman–Crippen MR) is 101 cm³/mol. The third-order valence-corrected chi connectivity index (χ3v) is 4.32. The van der Waals surface area contributed by atoms with Gasteiger partial charge in [0.05, 0.1) is 5.52 Å². The zero-order chi connectivity index (χ0) is 16.8. The van der Waals surface area contributed by atoms with Gasteiger partial charge in [0.2, 0.25) is 0 Å². The number of nitrogens with zero attached hydrogens (tertiary/aromatic N) is 1. The maximum atomic E-state index is 12.7. The third kappa shape index (κ3) is 4.01. The van der Waals surface area contributed by atoms with Crippen LogP contribution >= 0.6 is 0 Å². The normalized spacial score (nSPS) is 10.9. The summed E-state index contributed by atoms with van der Waals surface area (Å²) in [5.41, 5.74) is 3.91. The van der Waals surface area contributed by atoms with Crippen LogP contribution in [0.4, 0.5) is 0 Å². The van der Waals surface area contributed by atoms with E-state index in [9.17, 15) is 4.79 Å². The van der Waals surface area contributed by atoms with E-state index in [2.05, 4.69) is 42.8 Å². The van der Waals surface area contributed by atoms with Gasteiger partial charge in [0, 0.05) is 23.7 Å². The lowest BCUT2D eigenvalue weighted by molar-refractivity contribution is 0.687. The maximum absolute atomic E-state index is 12.7. The lowest BCUT2D eigenvalue weighted by atomic mass is 10.0. The Bertz CT molecular complexity index is 767. The van der Waals surface area contributed by atoms with E-state index in [0.717, 1.165) is 47.8 Å². The fourth-order valence-electron chi connectivity index (χ4n) is 2.96. The van der Waals surface area contributed by atoms with Crippen LogP contribution < -0.4 is 5.43 Å². The van der Waals surface area contributed by atoms with Gasteiger partial charge in [-0.15, -0.1) is 6.58 Å². The molecule has 0 aliphatic carbocycles. The molecule has 2 nitrogen and oxygen atoms in total. The Kier molecular flexibility index (Phi) is 5.97. The number of benzene rings is 1. The van der Waals surface area contributed by atoms with Crippen molar-refractivity contribution in [3.05, 3.63) is 65.0 Å². The Hall–Kier alpha value is -2.09. The first-order valence-corrected chi connectivity index (χ1v) is 8.51. The molecular weight excluding hydrogens is 282 g/mol. The molecule has 122 valence electrons. The van der Waals surface area contributed by atoms with Crippen LogP contribution in [0.2, 0.25) is 0 Å². The Morgan fingerprint density at radius 2 is 2.04 bits per heavy atom. The van der Waals surface area contributed by atoms with Crippen LogP contribution in [0.25, 0.3) is 16.5 Å². The van der Waals surface area contributed by atoms with Crippen molar-refractivity contribution in [3.63, 3.8) is 0 Å². The molecule has 0 fully saturated rings. The van der Waals surface area contributed by atoms with Gasteiger partial charge in [0.15, 0.2) is 5.43 Å². The number of pyridine rings is 1. The predicted octanol–water partition coefficient (Wildman–Crippen LogP) is 5.34. The van der Waals surface area contributed by atoms with Gasteiger partial charge >= 0.3 is 0 Å². The molecule has 0 saturated heterocycles. The molecule has 2 heteroatoms. The summed E-state index contributed by atoms with van der Waals surface area (Å²) in [6, 6.07) is 6.31. The Morgan fingerprint density at radius 1 is 1.26 bits per heavy atom. The smallest absolute Gasteiger partial charge is 0.196 e. The van der Waals surface area contributed by atoms with Gasteiger partial charge in [-0.3, -0.25) is 4.79 Å². The minimum Gasteiger partial charge on any atom is -0.347 e. The molecule has 2 aromatic rings. The first kappa shape index (κ1) is 17.3. The summed E-state index contributed by atoms with van der Waals surface area (Å²) >= 11 is 0. The SMILES string of the molecule is C=CCCCCCc1ccc2c(c1)c(=O)c(C(=C)C)cn2CC. The summed E-state index contributed by atoms with van der Waals surface area (Å²) in [6.45, 7) is 12.5. The number of rotatable bonds is 8. The molecule has 1 heterocycles. The van der Waals surface area contributed by atoms with Gasteiger partial charge in [-0.1, -0.05) is 25.1 Å². The molecule has 1 aromatic carbocycles. The van der Waals surface area contributed by atoms with E-state index in [0.29, 0.717) is 0 Å². The summed E-state index contributed by atoms with van der Waals surface area (Å²) in [7, 11) is 0. The maximum Gasteiger partial charge on any atom is 0.196 e. The van der Waals surface area contributed by atoms with Crippen LogP contribution in [-0.4, -0.2) is 4.57 Å². The second-order valence-corrected chi connectivity index (χ2v) is 6.18. The average Bonchev–Trinajstić information content (AvgIpc) is 2.55. The lowest BCUT2D eigenvalue weighted by Crippen LogP contribution is -2.13. The first-order valence-electron chi connectivity index (χ1n) is 8.51. The van der Waals surface area contributed by atoms with Crippen molar-refractivity contribution < 1.29 is 0 Å². The molecule has 0 unspecified atom stereocenters. The monoisotopic (exact) mass is 309 g/mol. The largest absolute Gasteiger partial charge is 0.347 e. The van der Waals surface area contributed by atoms with Gasteiger partial charge < -0.3 is 4.57 Å². The highest BCUT2D eigenvalue weighted by molar-refractivity contribution is 5.83. The van der Waals surface area contributed by atoms with Gasteiger partial charge in [-0.25, -0.2) is 0 Å². The first-order chi connectivity index (χ1) is 11.1. The standard InChI is InChI=1S/C21H27NO/c1-5-7-8-9-10-11-17-12-13-20-18(14-17)21(23)19(16(3)4)15-22(20)6-2/h5,12-15H,1,3,6-11H2,2,4H3. The molecule has 0 radical (unpaired) electrons. The molecule has 2 rings (SSSR count). The van der Waals surface area contributed by atoms with Crippen molar-refractivity contribution in [2.45, 2.75) is 52.5 Å². The number of aromatic nitrogens is 1. The minimum absolute atomic E-state index is 0.103. The highest BCUT2D eigenvalue weighted by atomic mass is 16.1. The summed E-state index contributed by atoms with van der Waals surface area (Å²) < 4.78 is 2.13. The second kappa shape index (κ2) is 7.96. The van der Waals surface area contributed by atoms with Crippen molar-refractivity contribution in [1.82, 2.24) is 4.57 Å². The quantitative estimate of drug-likeness (QED) is 0.476. The number of hydrogen-bond donors (Lipinski definition) is 0. The van der Waals surface area contributed by atoms with Crippen molar-refractivity contribution in [2.24, 2.45) is 0 Å². The molecule has 0 aliphatic rings. The molecule has 0 amide bonds. The molecule has 0 spiro atoms. The highest BCUT2D eigenvalue weighted by Gasteiger charge is 2.09. The molecule has 0 atom stereocenters. The van der Waals surface area contributed by atoms with Gasteiger partial charge in [-0.05, 0) is 62.8 Å². The molecular formula is C21H27NO. The van der Waals surface area contributed by atoms with Crippen molar-refractivity contribution >= 4 is 16.5 Å². The third-order valence-electron chi connectivity index (χ3n) is 4.32. The Labute approximate surface area is 139 Å². The van der Waals surface area contributed by atoms with Crippen LogP contribution in [-0.2, 0) is 13.0 Å². The number of allylic oxidation sites excluding steroid dienone is 2. The minimum atomic E-state index is 0.103. The van der Waals surface area contributed by atoms with Crippen LogP contribution in [0, 0.1) is 0 Å². The molecule has 0 saturated carbocycles. The second-order valence-electron chi connectivity index (χ2n) is 6.18. The van der Waals surface area contributed by atoms with E-state index in [1.807, 2.05) is 19.2 Å². The number of hydrogen-bond acceptors (Lipinski definition) is 1. The van der Waals surface area contributed by atoms with E-state index < -0.39 is 0 Å². The fourth-order valence-corrected chi connectivity index (χ4v) is 2.96. The van der Waals surface area contributed by atoms with Crippen molar-refractivity contribution in [1.29, 1.82) is 0 Å². The topological polar surface area (TPSA) is 22.0 Å². The van der Waals surface area contributed by atoms with E-state index in [4.69, 9.17) is 0 Å². The summed E-state index contributed by atoms with van der Waals surface area (Å²) in [6.07, 6.45) is 9.57. The fraction of sp³-hybridized carbons (Fsp3) is 0.381. The summed E-state index contributed by atoms with van der Waals surface area (Å²) in [5.74, 6) is 0. The van der Waals surface area contributed by atoms with Crippen LogP contribution in [0.1, 0.15) is 50.7 Å². The average molecular weight is 309 g/mol. The zero-order valence-corrected chi connectivity index (χ0v) is 14.4. The van der Waals surface area contributed by atoms with Gasteiger partial charge in [0.25, 0.3) is 0 Å². The van der Waals surface area contributed by atoms with Gasteiger partial charge in [0.1, 0.15) is 0 Å². The molecule has 0 aliphatic heterocycles. The van der Waals surface area contributed by atoms with E-state index in [1.54, 1.807) is 0 Å². The van der Waals surface area contributed by atoms with E-state index >= 15 is 0 Å². The van der Waals surface area contributed by atoms with Crippen LogP contribution in [0.15, 0.2) is 48.4 Å². The van der Waals surface area contributed by atoms with E-state index in [-0.39, 0.29) is 5.43 Å². The van der Waals surface area contributed by atoms with Gasteiger partial charge in [-0.2, -0.15) is 0 Å². The Morgan fingerprint density at radius 3 is 2.70 bits per heavy atom. The molecule has 0 bridgehead atoms. The number of unbranched alkanes of at least 4 members (excludes halogenated alkanes) is 3. The summed E-state index contributed by atoms with van der Waals surface area (Å²) in [5, 5.41) is 0.816. The zero-order valence-electron chi connectivity index (χ0n) is 14.4. The van der Waals surface area contributed by atoms with Crippen LogP contribution in [0.3, 0.4) is 0 Å². The number of aryl methyl sites for hydroxylation is 2. The molecule has 23 heavy (non-hydrogen) atoms.